The van der Waals surface area contributed by atoms with Gasteiger partial charge in [-0.3, -0.25) is 15.1 Å². The van der Waals surface area contributed by atoms with Gasteiger partial charge in [-0.05, 0) is 24.3 Å². The summed E-state index contributed by atoms with van der Waals surface area (Å²) in [5.41, 5.74) is 1.55. The molecule has 0 saturated heterocycles. The Labute approximate surface area is 135 Å². The molecule has 0 aliphatic heterocycles. The summed E-state index contributed by atoms with van der Waals surface area (Å²) in [6.45, 7) is 0. The van der Waals surface area contributed by atoms with Crippen LogP contribution in [0.1, 0.15) is 10.4 Å². The summed E-state index contributed by atoms with van der Waals surface area (Å²) in [4.78, 5) is 16.1. The molecule has 24 heavy (non-hydrogen) atoms. The molecule has 2 N–H and O–H groups in total. The molecule has 0 aliphatic carbocycles. The minimum absolute atomic E-state index is 0.101. The molecule has 0 bridgehead atoms. The van der Waals surface area contributed by atoms with Gasteiger partial charge in [-0.25, -0.2) is 0 Å². The van der Waals surface area contributed by atoms with Gasteiger partial charge in [-0.2, -0.15) is 13.2 Å². The smallest absolute Gasteiger partial charge is 0.354 e. The Balaban J connectivity index is 1.97. The largest absolute Gasteiger partial charge is 0.484 e. The molecule has 0 aliphatic rings. The van der Waals surface area contributed by atoms with Gasteiger partial charge in [-0.1, -0.05) is 30.3 Å². The van der Waals surface area contributed by atoms with E-state index in [1.165, 1.54) is 12.1 Å². The van der Waals surface area contributed by atoms with Gasteiger partial charge >= 0.3 is 6.30 Å². The Morgan fingerprint density at radius 2 is 1.62 bits per heavy atom. The normalized spacial score (nSPS) is 11.3. The van der Waals surface area contributed by atoms with Crippen molar-refractivity contribution in [3.8, 4) is 0 Å². The summed E-state index contributed by atoms with van der Waals surface area (Å²) in [6, 6.07) is 15.0. The van der Waals surface area contributed by atoms with Gasteiger partial charge < -0.3 is 5.32 Å². The molecule has 0 saturated carbocycles. The molecule has 4 nitrogen and oxygen atoms in total. The Morgan fingerprint density at radius 3 is 2.42 bits per heavy atom. The van der Waals surface area contributed by atoms with Crippen LogP contribution in [-0.2, 0) is 0 Å². The van der Waals surface area contributed by atoms with Crippen molar-refractivity contribution in [3.63, 3.8) is 0 Å². The van der Waals surface area contributed by atoms with Gasteiger partial charge in [0.15, 0.2) is 0 Å². The SMILES string of the molecule is O=C(NC(F)(F)F)c1ccccc1Nc1ccnc2ccccc12. The predicted octanol–water partition coefficient (Wildman–Crippen LogP) is 4.23. The van der Waals surface area contributed by atoms with Crippen LogP contribution in [0.25, 0.3) is 10.9 Å². The van der Waals surface area contributed by atoms with E-state index in [1.807, 2.05) is 24.3 Å². The zero-order valence-electron chi connectivity index (χ0n) is 12.3. The lowest BCUT2D eigenvalue weighted by Gasteiger charge is -2.14. The second-order valence-corrected chi connectivity index (χ2v) is 5.00. The van der Waals surface area contributed by atoms with E-state index in [9.17, 15) is 18.0 Å². The number of nitrogens with one attached hydrogen (secondary N) is 2. The molecule has 0 fully saturated rings. The highest BCUT2D eigenvalue weighted by Crippen LogP contribution is 2.27. The second kappa shape index (κ2) is 6.19. The van der Waals surface area contributed by atoms with Crippen molar-refractivity contribution < 1.29 is 18.0 Å². The molecule has 3 aromatic rings. The van der Waals surface area contributed by atoms with Crippen molar-refractivity contribution >= 4 is 28.2 Å². The second-order valence-electron chi connectivity index (χ2n) is 5.00. The highest BCUT2D eigenvalue weighted by atomic mass is 19.4. The zero-order chi connectivity index (χ0) is 17.2. The first-order chi connectivity index (χ1) is 11.4. The van der Waals surface area contributed by atoms with Gasteiger partial charge in [0.2, 0.25) is 0 Å². The Hall–Kier alpha value is -3.09. The van der Waals surface area contributed by atoms with E-state index < -0.39 is 12.2 Å². The van der Waals surface area contributed by atoms with E-state index >= 15 is 0 Å². The zero-order valence-corrected chi connectivity index (χ0v) is 12.3. The molecular formula is C17H12F3N3O. The standard InChI is InChI=1S/C17H12F3N3O/c18-17(19,20)23-16(24)12-6-2-4-8-14(12)22-15-9-10-21-13-7-3-1-5-11(13)15/h1-10H,(H,21,22)(H,23,24). The van der Waals surface area contributed by atoms with Crippen LogP contribution in [0.3, 0.4) is 0 Å². The number of fused-ring (bicyclic) bond motifs is 1. The maximum Gasteiger partial charge on any atom is 0.484 e. The number of aromatic nitrogens is 1. The number of hydrogen-bond acceptors (Lipinski definition) is 3. The van der Waals surface area contributed by atoms with Gasteiger partial charge in [0.05, 0.1) is 16.8 Å². The fourth-order valence-electron chi connectivity index (χ4n) is 2.34. The maximum atomic E-state index is 12.4. The summed E-state index contributed by atoms with van der Waals surface area (Å²) >= 11 is 0. The van der Waals surface area contributed by atoms with Gasteiger partial charge in [0, 0.05) is 17.3 Å². The molecule has 7 heteroatoms. The van der Waals surface area contributed by atoms with Crippen molar-refractivity contribution in [3.05, 3.63) is 66.4 Å². The lowest BCUT2D eigenvalue weighted by Crippen LogP contribution is -2.37. The topological polar surface area (TPSA) is 54.0 Å². The fourth-order valence-corrected chi connectivity index (χ4v) is 2.34. The Morgan fingerprint density at radius 1 is 0.917 bits per heavy atom. The lowest BCUT2D eigenvalue weighted by molar-refractivity contribution is -0.146. The summed E-state index contributed by atoms with van der Waals surface area (Å²) in [5, 5.41) is 4.82. The van der Waals surface area contributed by atoms with Crippen molar-refractivity contribution in [1.82, 2.24) is 10.3 Å². The molecule has 1 heterocycles. The number of para-hydroxylation sites is 2. The molecule has 0 atom stereocenters. The molecule has 0 unspecified atom stereocenters. The molecule has 2 aromatic carbocycles. The Bertz CT molecular complexity index is 888. The van der Waals surface area contributed by atoms with E-state index in [0.29, 0.717) is 5.69 Å². The molecule has 3 rings (SSSR count). The van der Waals surface area contributed by atoms with E-state index in [2.05, 4.69) is 10.3 Å². The van der Waals surface area contributed by atoms with Gasteiger partial charge in [0.1, 0.15) is 0 Å². The first-order valence-electron chi connectivity index (χ1n) is 7.03. The number of carbonyl (C=O) groups is 1. The molecule has 1 aromatic heterocycles. The number of amides is 1. The summed E-state index contributed by atoms with van der Waals surface area (Å²) in [5.74, 6) is -1.22. The summed E-state index contributed by atoms with van der Waals surface area (Å²) in [7, 11) is 0. The highest BCUT2D eigenvalue weighted by Gasteiger charge is 2.31. The average molecular weight is 331 g/mol. The molecule has 0 spiro atoms. The number of anilines is 2. The number of alkyl halides is 3. The summed E-state index contributed by atoms with van der Waals surface area (Å²) in [6.07, 6.45) is -3.20. The van der Waals surface area contributed by atoms with Crippen LogP contribution < -0.4 is 10.6 Å². The van der Waals surface area contributed by atoms with Crippen LogP contribution in [0.4, 0.5) is 24.5 Å². The predicted molar refractivity (Wildman–Crippen MR) is 85.0 cm³/mol. The van der Waals surface area contributed by atoms with Crippen LogP contribution >= 0.6 is 0 Å². The number of halogens is 3. The Kier molecular flexibility index (Phi) is 4.07. The highest BCUT2D eigenvalue weighted by molar-refractivity contribution is 6.02. The average Bonchev–Trinajstić information content (AvgIpc) is 2.54. The van der Waals surface area contributed by atoms with E-state index in [-0.39, 0.29) is 11.3 Å². The lowest BCUT2D eigenvalue weighted by atomic mass is 10.1. The number of pyridine rings is 1. The van der Waals surface area contributed by atoms with Crippen molar-refractivity contribution in [1.29, 1.82) is 0 Å². The molecule has 1 amide bonds. The monoisotopic (exact) mass is 331 g/mol. The fraction of sp³-hybridized carbons (Fsp3) is 0.0588. The quantitative estimate of drug-likeness (QED) is 0.706. The molecule has 0 radical (unpaired) electrons. The minimum atomic E-state index is -4.78. The van der Waals surface area contributed by atoms with Crippen molar-refractivity contribution in [2.24, 2.45) is 0 Å². The van der Waals surface area contributed by atoms with E-state index in [1.54, 1.807) is 24.4 Å². The maximum absolute atomic E-state index is 12.4. The minimum Gasteiger partial charge on any atom is -0.354 e. The molecular weight excluding hydrogens is 319 g/mol. The van der Waals surface area contributed by atoms with Crippen molar-refractivity contribution in [2.75, 3.05) is 5.32 Å². The van der Waals surface area contributed by atoms with E-state index in [4.69, 9.17) is 0 Å². The van der Waals surface area contributed by atoms with Crippen molar-refractivity contribution in [2.45, 2.75) is 6.30 Å². The summed E-state index contributed by atoms with van der Waals surface area (Å²) < 4.78 is 37.2. The van der Waals surface area contributed by atoms with Crippen LogP contribution in [-0.4, -0.2) is 17.2 Å². The third-order valence-corrected chi connectivity index (χ3v) is 3.35. The third kappa shape index (κ3) is 3.45. The number of benzene rings is 2. The molecule has 122 valence electrons. The number of rotatable bonds is 3. The van der Waals surface area contributed by atoms with Crippen LogP contribution in [0.2, 0.25) is 0 Å². The first-order valence-corrected chi connectivity index (χ1v) is 7.03. The van der Waals surface area contributed by atoms with Gasteiger partial charge in [0.25, 0.3) is 5.91 Å². The first kappa shape index (κ1) is 15.8. The van der Waals surface area contributed by atoms with Crippen LogP contribution in [0.5, 0.6) is 0 Å². The van der Waals surface area contributed by atoms with Crippen LogP contribution in [0.15, 0.2) is 60.8 Å². The number of carbonyl (C=O) groups excluding carboxylic acids is 1. The number of nitrogens with zero attached hydrogens (tertiary/aromatic N) is 1. The van der Waals surface area contributed by atoms with Crippen LogP contribution in [0, 0.1) is 0 Å². The number of hydrogen-bond donors (Lipinski definition) is 2. The van der Waals surface area contributed by atoms with E-state index in [0.717, 1.165) is 16.2 Å². The third-order valence-electron chi connectivity index (χ3n) is 3.35. The van der Waals surface area contributed by atoms with Gasteiger partial charge in [-0.15, -0.1) is 0 Å².